The molecule has 0 radical (unpaired) electrons. The zero-order valence-corrected chi connectivity index (χ0v) is 16.4. The quantitative estimate of drug-likeness (QED) is 0.875. The van der Waals surface area contributed by atoms with Gasteiger partial charge in [-0.05, 0) is 43.2 Å². The molecule has 1 aromatic carbocycles. The molecule has 144 valence electrons. The molecule has 2 aliphatic rings. The highest BCUT2D eigenvalue weighted by atomic mass is 16.2. The highest BCUT2D eigenvalue weighted by molar-refractivity contribution is 5.90. The summed E-state index contributed by atoms with van der Waals surface area (Å²) in [6, 6.07) is 7.95. The van der Waals surface area contributed by atoms with E-state index in [1.807, 2.05) is 29.2 Å². The first-order valence-electron chi connectivity index (χ1n) is 10.2. The Morgan fingerprint density at radius 2 is 2.15 bits per heavy atom. The second kappa shape index (κ2) is 7.33. The first kappa shape index (κ1) is 18.0. The van der Waals surface area contributed by atoms with Crippen LogP contribution in [-0.4, -0.2) is 38.8 Å². The third-order valence-corrected chi connectivity index (χ3v) is 5.90. The summed E-state index contributed by atoms with van der Waals surface area (Å²) in [6.07, 6.45) is 6.74. The molecular weight excluding hydrogens is 338 g/mol. The van der Waals surface area contributed by atoms with Crippen molar-refractivity contribution in [3.05, 3.63) is 30.1 Å². The average Bonchev–Trinajstić information content (AvgIpc) is 3.25. The van der Waals surface area contributed by atoms with Crippen molar-refractivity contribution in [3.63, 3.8) is 0 Å². The monoisotopic (exact) mass is 367 g/mol. The number of aryl methyl sites for hydroxylation is 1. The second-order valence-electron chi connectivity index (χ2n) is 8.29. The number of nitrogens with one attached hydrogen (secondary N) is 1. The molecule has 2 aromatic rings. The summed E-state index contributed by atoms with van der Waals surface area (Å²) in [4.78, 5) is 14.8. The van der Waals surface area contributed by atoms with Crippen molar-refractivity contribution >= 4 is 11.7 Å². The number of aromatic nitrogens is 3. The van der Waals surface area contributed by atoms with Gasteiger partial charge >= 0.3 is 6.03 Å². The molecule has 0 unspecified atom stereocenters. The Morgan fingerprint density at radius 3 is 3.00 bits per heavy atom. The molecule has 1 atom stereocenters. The van der Waals surface area contributed by atoms with Crippen molar-refractivity contribution in [3.8, 4) is 11.4 Å². The van der Waals surface area contributed by atoms with Crippen molar-refractivity contribution in [2.24, 2.45) is 5.41 Å². The number of nitrogens with zero attached hydrogens (tertiary/aromatic N) is 4. The standard InChI is InChI=1S/C21H29N5O/c1-3-10-21(2)11-6-12-25(15-21)20(27)22-17-8-4-7-16(14-17)19-24-23-18-9-5-13-26(18)19/h4,7-8,14H,3,5-6,9-13,15H2,1-2H3,(H,22,27)/t21-/m1/s1. The molecule has 0 bridgehead atoms. The molecule has 27 heavy (non-hydrogen) atoms. The van der Waals surface area contributed by atoms with Gasteiger partial charge in [0.15, 0.2) is 5.82 Å². The number of fused-ring (bicyclic) bond motifs is 1. The Labute approximate surface area is 161 Å². The molecular formula is C21H29N5O. The lowest BCUT2D eigenvalue weighted by Crippen LogP contribution is -2.46. The molecule has 6 nitrogen and oxygen atoms in total. The molecule has 2 amide bonds. The van der Waals surface area contributed by atoms with Crippen LogP contribution in [0.25, 0.3) is 11.4 Å². The molecule has 0 spiro atoms. The minimum absolute atomic E-state index is 0.000602. The smallest absolute Gasteiger partial charge is 0.321 e. The number of carbonyl (C=O) groups excluding carboxylic acids is 1. The Hall–Kier alpha value is -2.37. The summed E-state index contributed by atoms with van der Waals surface area (Å²) in [7, 11) is 0. The van der Waals surface area contributed by atoms with Crippen LogP contribution in [0.1, 0.15) is 51.8 Å². The van der Waals surface area contributed by atoms with Crippen LogP contribution in [0.3, 0.4) is 0 Å². The van der Waals surface area contributed by atoms with Gasteiger partial charge in [0.1, 0.15) is 5.82 Å². The summed E-state index contributed by atoms with van der Waals surface area (Å²) in [5.74, 6) is 1.95. The molecule has 0 saturated carbocycles. The van der Waals surface area contributed by atoms with Crippen molar-refractivity contribution in [1.82, 2.24) is 19.7 Å². The van der Waals surface area contributed by atoms with Gasteiger partial charge in [-0.3, -0.25) is 0 Å². The van der Waals surface area contributed by atoms with Gasteiger partial charge in [-0.1, -0.05) is 32.4 Å². The summed E-state index contributed by atoms with van der Waals surface area (Å²) in [5.41, 5.74) is 2.06. The molecule has 0 aliphatic carbocycles. The maximum absolute atomic E-state index is 12.8. The van der Waals surface area contributed by atoms with Gasteiger partial charge in [0, 0.05) is 37.3 Å². The fourth-order valence-corrected chi connectivity index (χ4v) is 4.60. The lowest BCUT2D eigenvalue weighted by atomic mass is 9.78. The fraction of sp³-hybridized carbons (Fsp3) is 0.571. The molecule has 1 aromatic heterocycles. The van der Waals surface area contributed by atoms with E-state index in [1.54, 1.807) is 0 Å². The number of benzene rings is 1. The number of urea groups is 1. The number of hydrogen-bond donors (Lipinski definition) is 1. The van der Waals surface area contributed by atoms with Gasteiger partial charge in [0.2, 0.25) is 0 Å². The number of likely N-dealkylation sites (tertiary alicyclic amines) is 1. The van der Waals surface area contributed by atoms with E-state index >= 15 is 0 Å². The molecule has 1 saturated heterocycles. The number of anilines is 1. The van der Waals surface area contributed by atoms with Gasteiger partial charge in [0.05, 0.1) is 0 Å². The number of amides is 2. The van der Waals surface area contributed by atoms with E-state index in [4.69, 9.17) is 0 Å². The third kappa shape index (κ3) is 3.70. The van der Waals surface area contributed by atoms with Crippen LogP contribution in [0.15, 0.2) is 24.3 Å². The predicted octanol–water partition coefficient (Wildman–Crippen LogP) is 4.33. The molecule has 2 aliphatic heterocycles. The van der Waals surface area contributed by atoms with E-state index in [-0.39, 0.29) is 11.4 Å². The van der Waals surface area contributed by atoms with Crippen LogP contribution in [-0.2, 0) is 13.0 Å². The summed E-state index contributed by atoms with van der Waals surface area (Å²) >= 11 is 0. The van der Waals surface area contributed by atoms with Gasteiger partial charge in [-0.15, -0.1) is 10.2 Å². The van der Waals surface area contributed by atoms with Crippen LogP contribution in [0, 0.1) is 5.41 Å². The molecule has 1 fully saturated rings. The zero-order chi connectivity index (χ0) is 18.9. The van der Waals surface area contributed by atoms with Crippen LogP contribution in [0.5, 0.6) is 0 Å². The largest absolute Gasteiger partial charge is 0.324 e. The SMILES string of the molecule is CCC[C@]1(C)CCCN(C(=O)Nc2cccc(-c3nnc4n3CCC4)c2)C1. The predicted molar refractivity (Wildman–Crippen MR) is 107 cm³/mol. The molecule has 3 heterocycles. The van der Waals surface area contributed by atoms with Gasteiger partial charge in [-0.25, -0.2) is 4.79 Å². The minimum atomic E-state index is 0.000602. The first-order chi connectivity index (χ1) is 13.1. The third-order valence-electron chi connectivity index (χ3n) is 5.90. The summed E-state index contributed by atoms with van der Waals surface area (Å²) in [6.45, 7) is 7.17. The maximum Gasteiger partial charge on any atom is 0.321 e. The van der Waals surface area contributed by atoms with Crippen molar-refractivity contribution in [2.75, 3.05) is 18.4 Å². The van der Waals surface area contributed by atoms with Crippen LogP contribution in [0.4, 0.5) is 10.5 Å². The van der Waals surface area contributed by atoms with Gasteiger partial charge in [0.25, 0.3) is 0 Å². The van der Waals surface area contributed by atoms with E-state index in [0.29, 0.717) is 0 Å². The zero-order valence-electron chi connectivity index (χ0n) is 16.4. The number of piperidine rings is 1. The summed E-state index contributed by atoms with van der Waals surface area (Å²) in [5, 5.41) is 11.7. The van der Waals surface area contributed by atoms with Gasteiger partial charge < -0.3 is 14.8 Å². The Morgan fingerprint density at radius 1 is 1.26 bits per heavy atom. The molecule has 1 N–H and O–H groups in total. The number of rotatable bonds is 4. The molecule has 4 rings (SSSR count). The van der Waals surface area contributed by atoms with E-state index in [9.17, 15) is 4.79 Å². The minimum Gasteiger partial charge on any atom is -0.324 e. The fourth-order valence-electron chi connectivity index (χ4n) is 4.60. The van der Waals surface area contributed by atoms with Gasteiger partial charge in [-0.2, -0.15) is 0 Å². The average molecular weight is 367 g/mol. The first-order valence-corrected chi connectivity index (χ1v) is 10.2. The van der Waals surface area contributed by atoms with E-state index < -0.39 is 0 Å². The van der Waals surface area contributed by atoms with Crippen molar-refractivity contribution in [1.29, 1.82) is 0 Å². The second-order valence-corrected chi connectivity index (χ2v) is 8.29. The molecule has 6 heteroatoms. The maximum atomic E-state index is 12.8. The highest BCUT2D eigenvalue weighted by Gasteiger charge is 2.32. The Bertz CT molecular complexity index is 826. The van der Waals surface area contributed by atoms with Crippen LogP contribution < -0.4 is 5.32 Å². The number of carbonyl (C=O) groups is 1. The van der Waals surface area contributed by atoms with Crippen LogP contribution in [0.2, 0.25) is 0 Å². The number of hydrogen-bond acceptors (Lipinski definition) is 3. The highest BCUT2D eigenvalue weighted by Crippen LogP contribution is 2.34. The van der Waals surface area contributed by atoms with Crippen LogP contribution >= 0.6 is 0 Å². The topological polar surface area (TPSA) is 63.1 Å². The normalized spacial score (nSPS) is 21.9. The summed E-state index contributed by atoms with van der Waals surface area (Å²) < 4.78 is 2.18. The van der Waals surface area contributed by atoms with Crippen molar-refractivity contribution in [2.45, 2.75) is 58.9 Å². The van der Waals surface area contributed by atoms with E-state index in [1.165, 1.54) is 12.8 Å². The lowest BCUT2D eigenvalue weighted by Gasteiger charge is -2.40. The Balaban J connectivity index is 1.47. The van der Waals surface area contributed by atoms with Crippen molar-refractivity contribution < 1.29 is 4.79 Å². The Kier molecular flexibility index (Phi) is 4.89. The van der Waals surface area contributed by atoms with E-state index in [2.05, 4.69) is 33.9 Å². The lowest BCUT2D eigenvalue weighted by molar-refractivity contribution is 0.117. The van der Waals surface area contributed by atoms with E-state index in [0.717, 1.165) is 68.2 Å².